The van der Waals surface area contributed by atoms with Gasteiger partial charge in [-0.15, -0.1) is 18.1 Å². The standard InChI is InChI=1S/C51H88N2O7SSi/c1-44(2,3)62(12,13)59-32-33(53-26-28-61(57,58)29-27-53)31-52-51-21-16-34(47(8)22-23-47)41(51)35-14-15-39-48(9)19-18-40(60-43(56)37-30-36(42(54)55)45(37,4)5)46(6,7)38(48)17-20-50(39,11)49(35,10)24-25-51/h33-41,52H,14-32H2,1-13H3,(H,54,55)/q-1/t33-,34-,35-,36+,37-,38+,39-,40+,41-,48+,49-,50-,51+/m1/s1. The molecular weight excluding hydrogens is 813 g/mol. The van der Waals surface area contributed by atoms with Crippen LogP contribution in [0.1, 0.15) is 160 Å². The molecular formula is C51H88N2O7SSi-. The first-order valence-electron chi connectivity index (χ1n) is 25.2. The van der Waals surface area contributed by atoms with E-state index in [1.165, 1.54) is 64.2 Å². The summed E-state index contributed by atoms with van der Waals surface area (Å²) in [6, 6.07) is 0.154. The second-order valence-electron chi connectivity index (χ2n) is 26.7. The Labute approximate surface area is 378 Å². The molecule has 2 N–H and O–H groups in total. The van der Waals surface area contributed by atoms with E-state index in [1.54, 1.807) is 0 Å². The van der Waals surface area contributed by atoms with Gasteiger partial charge < -0.3 is 19.6 Å². The van der Waals surface area contributed by atoms with Gasteiger partial charge in [0.25, 0.3) is 0 Å². The summed E-state index contributed by atoms with van der Waals surface area (Å²) in [5, 5.41) is 14.3. The fourth-order valence-electron chi connectivity index (χ4n) is 16.6. The Kier molecular flexibility index (Phi) is 11.7. The van der Waals surface area contributed by atoms with Crippen molar-refractivity contribution < 1.29 is 32.3 Å². The van der Waals surface area contributed by atoms with E-state index in [2.05, 4.69) is 85.6 Å². The van der Waals surface area contributed by atoms with Crippen LogP contribution in [-0.4, -0.2) is 94.1 Å². The second kappa shape index (κ2) is 15.3. The number of carboxylic acids is 1. The van der Waals surface area contributed by atoms with E-state index in [0.29, 0.717) is 55.2 Å². The summed E-state index contributed by atoms with van der Waals surface area (Å²) < 4.78 is 38.7. The highest BCUT2D eigenvalue weighted by Crippen LogP contribution is 2.78. The van der Waals surface area contributed by atoms with Crippen molar-refractivity contribution in [1.29, 1.82) is 0 Å². The number of ether oxygens (including phenoxy) is 1. The van der Waals surface area contributed by atoms with E-state index in [9.17, 15) is 23.1 Å². The van der Waals surface area contributed by atoms with Crippen molar-refractivity contribution in [2.45, 2.75) is 195 Å². The van der Waals surface area contributed by atoms with E-state index >= 15 is 0 Å². The Balaban J connectivity index is 1.02. The van der Waals surface area contributed by atoms with E-state index in [-0.39, 0.29) is 67.8 Å². The monoisotopic (exact) mass is 901 g/mol. The first-order valence-corrected chi connectivity index (χ1v) is 30.0. The van der Waals surface area contributed by atoms with E-state index in [4.69, 9.17) is 9.16 Å². The zero-order valence-electron chi connectivity index (χ0n) is 41.4. The molecule has 0 radical (unpaired) electrons. The summed E-state index contributed by atoms with van der Waals surface area (Å²) >= 11 is 0. The first kappa shape index (κ1) is 47.5. The topological polar surface area (TPSA) is 122 Å². The molecule has 1 saturated heterocycles. The largest absolute Gasteiger partial charge is 0.563 e. The molecule has 0 aromatic heterocycles. The zero-order valence-corrected chi connectivity index (χ0v) is 43.2. The molecule has 0 aromatic rings. The van der Waals surface area contributed by atoms with Crippen LogP contribution < -0.4 is 5.32 Å². The molecule has 0 bridgehead atoms. The molecule has 7 saturated carbocycles. The van der Waals surface area contributed by atoms with Crippen LogP contribution in [0.15, 0.2) is 0 Å². The van der Waals surface area contributed by atoms with Crippen LogP contribution in [0.2, 0.25) is 18.1 Å². The molecule has 11 heteroatoms. The lowest BCUT2D eigenvalue weighted by atomic mass is 9.32. The number of aliphatic carboxylic acids is 1. The summed E-state index contributed by atoms with van der Waals surface area (Å²) in [6.07, 6.45) is 14.9. The van der Waals surface area contributed by atoms with Gasteiger partial charge in [-0.2, -0.15) is 0 Å². The number of carbonyl (C=O) groups excluding carboxylic acids is 1. The van der Waals surface area contributed by atoms with Gasteiger partial charge in [0.1, 0.15) is 6.10 Å². The number of nitrogens with one attached hydrogen (secondary N) is 1. The van der Waals surface area contributed by atoms with E-state index < -0.39 is 35.5 Å². The minimum absolute atomic E-state index is 0.102. The molecule has 0 unspecified atom stereocenters. The zero-order chi connectivity index (χ0) is 45.5. The van der Waals surface area contributed by atoms with Crippen LogP contribution >= 0.6 is 0 Å². The predicted molar refractivity (Wildman–Crippen MR) is 250 cm³/mol. The minimum atomic E-state index is -2.99. The van der Waals surface area contributed by atoms with Gasteiger partial charge in [0, 0.05) is 43.2 Å². The van der Waals surface area contributed by atoms with Crippen molar-refractivity contribution in [2.24, 2.45) is 73.9 Å². The van der Waals surface area contributed by atoms with Gasteiger partial charge in [-0.1, -0.05) is 76.2 Å². The average Bonchev–Trinajstić information content (AvgIpc) is 3.78. The summed E-state index contributed by atoms with van der Waals surface area (Å²) in [4.78, 5) is 28.1. The molecule has 8 fully saturated rings. The van der Waals surface area contributed by atoms with Crippen molar-refractivity contribution in [1.82, 2.24) is 10.2 Å². The van der Waals surface area contributed by atoms with Crippen molar-refractivity contribution in [3.05, 3.63) is 0 Å². The second-order valence-corrected chi connectivity index (χ2v) is 33.8. The highest BCUT2D eigenvalue weighted by molar-refractivity contribution is 7.91. The molecule has 1 heterocycles. The molecule has 62 heavy (non-hydrogen) atoms. The number of carbonyl (C=O) groups is 2. The highest BCUT2D eigenvalue weighted by atomic mass is 32.2. The van der Waals surface area contributed by atoms with Gasteiger partial charge in [-0.25, -0.2) is 8.42 Å². The van der Waals surface area contributed by atoms with E-state index in [0.717, 1.165) is 25.3 Å². The summed E-state index contributed by atoms with van der Waals surface area (Å²) in [5.41, 5.74) is 0.441. The van der Waals surface area contributed by atoms with Crippen LogP contribution in [0.5, 0.6) is 0 Å². The molecule has 355 valence electrons. The normalized spacial score (nSPS) is 44.7. The number of fused-ring (bicyclic) bond motifs is 7. The SMILES string of the molecule is CC1([C@@H]2CC[C@]3(NC[C@H](CO[Si-](C)(C)C(C)(C)C)N4CCS(=O)(=O)CC4)CC[C@]4(C)[C@H](CC[C@@H]5[C@@]6(C)CC[C@H](OC(=O)[C@H]7C[C@@H](C(=O)O)C7(C)C)C(C)(C)[C@@H]6CC[C@]54C)[C@@H]23)CC1. The molecule has 0 aromatic carbocycles. The highest BCUT2D eigenvalue weighted by Gasteiger charge is 2.72. The lowest BCUT2D eigenvalue weighted by Gasteiger charge is -2.73. The number of hydrogen-bond donors (Lipinski definition) is 2. The van der Waals surface area contributed by atoms with Gasteiger partial charge in [0.2, 0.25) is 0 Å². The molecule has 8 rings (SSSR count). The molecule has 0 amide bonds. The number of sulfone groups is 1. The Morgan fingerprint density at radius 3 is 2.03 bits per heavy atom. The minimum Gasteiger partial charge on any atom is -0.563 e. The van der Waals surface area contributed by atoms with Crippen molar-refractivity contribution in [2.75, 3.05) is 37.7 Å². The predicted octanol–water partition coefficient (Wildman–Crippen LogP) is 9.99. The quantitative estimate of drug-likeness (QED) is 0.154. The third-order valence-corrected chi connectivity index (χ3v) is 28.6. The van der Waals surface area contributed by atoms with Crippen molar-refractivity contribution in [3.8, 4) is 0 Å². The summed E-state index contributed by atoms with van der Waals surface area (Å²) in [7, 11) is -4.99. The Hall–Kier alpha value is -1.01. The third kappa shape index (κ3) is 7.38. The lowest BCUT2D eigenvalue weighted by Crippen LogP contribution is -2.69. The van der Waals surface area contributed by atoms with Gasteiger partial charge in [-0.05, 0) is 148 Å². The van der Waals surface area contributed by atoms with E-state index in [1.807, 2.05) is 13.8 Å². The third-order valence-electron chi connectivity index (χ3n) is 22.4. The molecule has 0 spiro atoms. The fourth-order valence-corrected chi connectivity index (χ4v) is 18.9. The lowest BCUT2D eigenvalue weighted by molar-refractivity contribution is -0.250. The van der Waals surface area contributed by atoms with Crippen molar-refractivity contribution in [3.63, 3.8) is 0 Å². The maximum Gasteiger partial charge on any atom is 0.309 e. The maximum atomic E-state index is 13.7. The smallest absolute Gasteiger partial charge is 0.309 e. The number of rotatable bonds is 11. The maximum absolute atomic E-state index is 13.7. The molecule has 1 aliphatic heterocycles. The van der Waals surface area contributed by atoms with Gasteiger partial charge in [0.15, 0.2) is 9.84 Å². The van der Waals surface area contributed by atoms with Crippen LogP contribution in [0.3, 0.4) is 0 Å². The van der Waals surface area contributed by atoms with Gasteiger partial charge in [0.05, 0.1) is 23.3 Å². The fraction of sp³-hybridized carbons (Fsp3) is 0.961. The van der Waals surface area contributed by atoms with Crippen LogP contribution in [-0.2, 0) is 28.6 Å². The molecule has 9 nitrogen and oxygen atoms in total. The molecule has 7 aliphatic carbocycles. The summed E-state index contributed by atoms with van der Waals surface area (Å²) in [6.45, 7) is 33.6. The number of carboxylic acid groups (broad SMARTS) is 1. The number of hydrogen-bond acceptors (Lipinski definition) is 8. The summed E-state index contributed by atoms with van der Waals surface area (Å²) in [5.74, 6) is 1.79. The Morgan fingerprint density at radius 1 is 0.774 bits per heavy atom. The Bertz CT molecular complexity index is 1860. The van der Waals surface area contributed by atoms with Crippen LogP contribution in [0.4, 0.5) is 0 Å². The number of nitrogens with zero attached hydrogens (tertiary/aromatic N) is 1. The van der Waals surface area contributed by atoms with Gasteiger partial charge >= 0.3 is 11.9 Å². The Morgan fingerprint density at radius 2 is 1.44 bits per heavy atom. The van der Waals surface area contributed by atoms with Crippen molar-refractivity contribution >= 4 is 30.1 Å². The molecule has 8 aliphatic rings. The average molecular weight is 901 g/mol. The van der Waals surface area contributed by atoms with Crippen LogP contribution in [0.25, 0.3) is 0 Å². The van der Waals surface area contributed by atoms with Gasteiger partial charge in [-0.3, -0.25) is 14.5 Å². The molecule has 13 atom stereocenters. The first-order chi connectivity index (χ1) is 28.5. The number of esters is 1. The van der Waals surface area contributed by atoms with Crippen LogP contribution in [0, 0.1) is 73.9 Å².